The molecule has 2 aliphatic carbocycles. The third-order valence-corrected chi connectivity index (χ3v) is 6.84. The van der Waals surface area contributed by atoms with Crippen molar-refractivity contribution in [2.24, 2.45) is 11.8 Å². The first-order chi connectivity index (χ1) is 17.7. The van der Waals surface area contributed by atoms with E-state index in [0.29, 0.717) is 18.2 Å². The molecule has 10 heteroatoms. The Hall–Kier alpha value is -1.84. The maximum atomic E-state index is 11.9. The molecule has 0 aromatic carbocycles. The Morgan fingerprint density at radius 2 is 1.53 bits per heavy atom. The molecule has 1 aliphatic heterocycles. The Bertz CT molecular complexity index is 1280. The van der Waals surface area contributed by atoms with Crippen molar-refractivity contribution in [3.8, 4) is 0 Å². The van der Waals surface area contributed by atoms with E-state index in [0.717, 1.165) is 60.1 Å². The average Bonchev–Trinajstić information content (AvgIpc) is 3.49. The van der Waals surface area contributed by atoms with Gasteiger partial charge in [0.05, 0.1) is 25.7 Å². The zero-order chi connectivity index (χ0) is 24.9. The maximum Gasteiger partial charge on any atom is 1.00 e. The molecule has 1 N–H and O–H groups in total. The molecule has 3 aliphatic rings. The van der Waals surface area contributed by atoms with Gasteiger partial charge in [-0.05, 0) is 81.5 Å². The Kier molecular flexibility index (Phi) is 11.7. The fourth-order valence-electron chi connectivity index (χ4n) is 4.52. The maximum absolute atomic E-state index is 11.9. The van der Waals surface area contributed by atoms with Crippen molar-refractivity contribution in [2.75, 3.05) is 19.8 Å². The van der Waals surface area contributed by atoms with Crippen molar-refractivity contribution >= 4 is 45.5 Å². The molecule has 202 valence electrons. The molecule has 0 amide bonds. The van der Waals surface area contributed by atoms with E-state index in [1.807, 2.05) is 35.8 Å². The molecular formula is C28H40AlLiN2O6. The van der Waals surface area contributed by atoms with Crippen molar-refractivity contribution < 1.29 is 48.5 Å². The van der Waals surface area contributed by atoms with Crippen molar-refractivity contribution in [2.45, 2.75) is 65.1 Å². The topological polar surface area (TPSA) is 91.9 Å². The summed E-state index contributed by atoms with van der Waals surface area (Å²) in [4.78, 5) is 11.9. The van der Waals surface area contributed by atoms with Crippen LogP contribution in [0, 0.1) is 11.8 Å². The summed E-state index contributed by atoms with van der Waals surface area (Å²) in [5.74, 6) is 1.21. The minimum atomic E-state index is -0.264. The van der Waals surface area contributed by atoms with Crippen LogP contribution in [0.25, 0.3) is 22.2 Å². The molecule has 0 bridgehead atoms. The normalized spacial score (nSPS) is 16.2. The van der Waals surface area contributed by atoms with E-state index in [1.54, 1.807) is 12.5 Å². The van der Waals surface area contributed by atoms with Crippen LogP contribution in [0.5, 0.6) is 0 Å². The zero-order valence-electron chi connectivity index (χ0n) is 23.0. The second-order valence-electron chi connectivity index (χ2n) is 9.83. The average molecular weight is 535 g/mol. The van der Waals surface area contributed by atoms with Crippen LogP contribution in [0.1, 0.15) is 63.1 Å². The smallest absolute Gasteiger partial charge is 1.00 e. The van der Waals surface area contributed by atoms with Crippen LogP contribution in [-0.2, 0) is 29.2 Å². The molecule has 4 aromatic heterocycles. The number of aliphatic hydroxyl groups is 1. The van der Waals surface area contributed by atoms with E-state index in [2.05, 4.69) is 4.57 Å². The van der Waals surface area contributed by atoms with E-state index in [-0.39, 0.29) is 50.2 Å². The summed E-state index contributed by atoms with van der Waals surface area (Å²) in [5, 5.41) is 11.3. The van der Waals surface area contributed by atoms with E-state index in [4.69, 9.17) is 18.3 Å². The summed E-state index contributed by atoms with van der Waals surface area (Å²) in [7, 11) is 0. The molecule has 4 aromatic rings. The summed E-state index contributed by atoms with van der Waals surface area (Å²) in [5.41, 5.74) is 3.25. The first kappa shape index (κ1) is 30.7. The molecule has 7 rings (SSSR count). The van der Waals surface area contributed by atoms with E-state index < -0.39 is 0 Å². The summed E-state index contributed by atoms with van der Waals surface area (Å²) >= 11 is 0. The van der Waals surface area contributed by atoms with Gasteiger partial charge in [0.15, 0.2) is 17.4 Å². The first-order valence-corrected chi connectivity index (χ1v) is 13.2. The van der Waals surface area contributed by atoms with Crippen LogP contribution in [0.15, 0.2) is 45.6 Å². The van der Waals surface area contributed by atoms with E-state index >= 15 is 0 Å². The number of aliphatic hydroxyl groups excluding tert-OH is 1. The zero-order valence-corrected chi connectivity index (χ0v) is 22.0. The number of carbonyl (C=O) groups excluding carboxylic acids is 1. The largest absolute Gasteiger partial charge is 1.00 e. The van der Waals surface area contributed by atoms with Gasteiger partial charge in [-0.2, -0.15) is 0 Å². The molecular weight excluding hydrogens is 494 g/mol. The van der Waals surface area contributed by atoms with Gasteiger partial charge in [-0.25, -0.2) is 4.79 Å². The SMILES string of the molecule is C1CCOC1.CCOC(=O)c1cc2ccoc2n1CC1CC1.OCc1cc2ccoc2n1CC1CC1.[AlH3].[H-].[Li+]. The number of nitrogens with zero attached hydrogens (tertiary/aromatic N) is 2. The van der Waals surface area contributed by atoms with Crippen molar-refractivity contribution in [3.63, 3.8) is 0 Å². The standard InChI is InChI=1S/C13H15NO3.C11H13NO2.C4H8O.Al.Li.4H/c1-2-16-13(15)11-7-10-5-6-17-12(10)14(11)8-9-3-4-9;13-7-10-5-9-3-4-14-11(9)12(10)6-8-1-2-8;1-2-4-5-3-1;;;;;;/h5-7,9H,2-4,8H2,1H3;3-5,8,13H,1-2,6-7H2;1-4H2;;;;;;/q;;;;+1;;;;-1. The van der Waals surface area contributed by atoms with Gasteiger partial charge in [-0.3, -0.25) is 0 Å². The van der Waals surface area contributed by atoms with Crippen molar-refractivity contribution in [1.29, 1.82) is 0 Å². The Balaban J connectivity index is 0.000000220. The molecule has 3 fully saturated rings. The molecule has 0 radical (unpaired) electrons. The van der Waals surface area contributed by atoms with Gasteiger partial charge in [0.1, 0.15) is 5.69 Å². The number of ether oxygens (including phenoxy) is 2. The van der Waals surface area contributed by atoms with Crippen LogP contribution in [0.2, 0.25) is 0 Å². The molecule has 0 atom stereocenters. The van der Waals surface area contributed by atoms with Crippen LogP contribution in [0.3, 0.4) is 0 Å². The first-order valence-electron chi connectivity index (χ1n) is 13.2. The van der Waals surface area contributed by atoms with Gasteiger partial charge < -0.3 is 34.0 Å². The third kappa shape index (κ3) is 7.63. The molecule has 5 heterocycles. The molecule has 1 saturated heterocycles. The van der Waals surface area contributed by atoms with E-state index in [9.17, 15) is 9.90 Å². The number of rotatable bonds is 7. The number of esters is 1. The van der Waals surface area contributed by atoms with Gasteiger partial charge >= 0.3 is 24.8 Å². The fraction of sp³-hybridized carbons (Fsp3) is 0.536. The van der Waals surface area contributed by atoms with Crippen LogP contribution in [-0.4, -0.2) is 57.4 Å². The van der Waals surface area contributed by atoms with Crippen LogP contribution in [0.4, 0.5) is 0 Å². The van der Waals surface area contributed by atoms with Crippen molar-refractivity contribution in [1.82, 2.24) is 9.13 Å². The fourth-order valence-corrected chi connectivity index (χ4v) is 4.52. The number of fused-ring (bicyclic) bond motifs is 2. The second kappa shape index (κ2) is 14.5. The minimum absolute atomic E-state index is 0. The van der Waals surface area contributed by atoms with Gasteiger partial charge in [-0.15, -0.1) is 0 Å². The van der Waals surface area contributed by atoms with Crippen LogP contribution < -0.4 is 18.9 Å². The van der Waals surface area contributed by atoms with Gasteiger partial charge in [0.2, 0.25) is 11.4 Å². The number of hydrogen-bond acceptors (Lipinski definition) is 6. The predicted octanol–water partition coefficient (Wildman–Crippen LogP) is 1.69. The summed E-state index contributed by atoms with van der Waals surface area (Å²) in [6, 6.07) is 7.67. The molecule has 0 unspecified atom stereocenters. The Morgan fingerprint density at radius 3 is 2.03 bits per heavy atom. The minimum Gasteiger partial charge on any atom is -1.00 e. The summed E-state index contributed by atoms with van der Waals surface area (Å²) in [6.07, 6.45) is 11.0. The second-order valence-corrected chi connectivity index (χ2v) is 9.83. The number of aromatic nitrogens is 2. The number of carbonyl (C=O) groups is 1. The van der Waals surface area contributed by atoms with E-state index in [1.165, 1.54) is 38.5 Å². The molecule has 8 nitrogen and oxygen atoms in total. The Morgan fingerprint density at radius 1 is 0.974 bits per heavy atom. The molecule has 0 spiro atoms. The predicted molar refractivity (Wildman–Crippen MR) is 147 cm³/mol. The van der Waals surface area contributed by atoms with Crippen molar-refractivity contribution in [3.05, 3.63) is 48.2 Å². The number of hydrogen-bond donors (Lipinski definition) is 1. The van der Waals surface area contributed by atoms with Crippen LogP contribution >= 0.6 is 0 Å². The monoisotopic (exact) mass is 534 g/mol. The van der Waals surface area contributed by atoms with Gasteiger partial charge in [-0.1, -0.05) is 0 Å². The quantitative estimate of drug-likeness (QED) is 0.287. The number of furan rings is 2. The summed E-state index contributed by atoms with van der Waals surface area (Å²) in [6.45, 7) is 6.15. The van der Waals surface area contributed by atoms with Gasteiger partial charge in [0, 0.05) is 42.8 Å². The molecule has 38 heavy (non-hydrogen) atoms. The third-order valence-electron chi connectivity index (χ3n) is 6.84. The molecule has 2 saturated carbocycles. The summed E-state index contributed by atoms with van der Waals surface area (Å²) < 4.78 is 24.9. The Labute approximate surface area is 247 Å². The van der Waals surface area contributed by atoms with Gasteiger partial charge in [0.25, 0.3) is 0 Å².